The lowest BCUT2D eigenvalue weighted by Crippen LogP contribution is -2.65. The number of benzene rings is 5. The van der Waals surface area contributed by atoms with Crippen molar-refractivity contribution in [2.24, 2.45) is 0 Å². The molecule has 4 aliphatic heterocycles. The highest BCUT2D eigenvalue weighted by Gasteiger charge is 2.54. The number of fused-ring (bicyclic) bond motifs is 16. The van der Waals surface area contributed by atoms with Crippen molar-refractivity contribution in [3.05, 3.63) is 167 Å². The van der Waals surface area contributed by atoms with Gasteiger partial charge < -0.3 is 73.0 Å². The van der Waals surface area contributed by atoms with Crippen LogP contribution in [-0.2, 0) is 91.1 Å². The average molecular weight is 1120 g/mol. The molecule has 2 amide bonds. The number of esters is 3. The summed E-state index contributed by atoms with van der Waals surface area (Å²) in [5.41, 5.74) is 5.05. The Balaban J connectivity index is 1.05. The standard InChI is InChI=1S/C61H68N2O18/c1-61(2,3)81-57(69)45-29-49(65)72-34-46-50(66)51(67)53(58(71-4)78-46)80-59-55(76-32-38-22-12-7-13-23-38)54(75-31-37-20-10-6-11-21-37)52(74-30-36-18-8-5-9-19-36)47(79-59)35-73-48(64)28-44(56(68)62-45)63-60(70)77-33-43-41-26-16-14-24-39(41)40-25-15-17-27-42(40)43/h5-27,43-47,50-55,58-59,66-67H,28-35H2,1-4H3,(H,62,68)(H,63,70)/t44-,45-,46+,47+,50+,51-,52+,53-,54-,55-,58-,59-/m0/s1. The number of carbonyl (C=O) groups excluding carboxylic acids is 5. The first-order valence-corrected chi connectivity index (χ1v) is 26.9. The maximum absolute atomic E-state index is 14.5. The van der Waals surface area contributed by atoms with Crippen LogP contribution in [-0.4, -0.2) is 146 Å². The van der Waals surface area contributed by atoms with Gasteiger partial charge in [0.1, 0.15) is 86.3 Å². The fourth-order valence-corrected chi connectivity index (χ4v) is 10.2. The van der Waals surface area contributed by atoms with Crippen LogP contribution in [0.4, 0.5) is 4.79 Å². The van der Waals surface area contributed by atoms with Crippen molar-refractivity contribution >= 4 is 29.9 Å². The van der Waals surface area contributed by atoms with Crippen molar-refractivity contribution in [3.8, 4) is 11.1 Å². The van der Waals surface area contributed by atoms with Crippen LogP contribution in [0.2, 0.25) is 0 Å². The molecule has 5 aromatic carbocycles. The molecule has 81 heavy (non-hydrogen) atoms. The number of nitrogens with one attached hydrogen (secondary N) is 2. The molecule has 1 aliphatic carbocycles. The normalized spacial score (nSPS) is 27.4. The van der Waals surface area contributed by atoms with Crippen LogP contribution in [0.15, 0.2) is 140 Å². The number of hydrogen-bond donors (Lipinski definition) is 4. The lowest BCUT2D eigenvalue weighted by Gasteiger charge is -2.48. The molecular weight excluding hydrogens is 1050 g/mol. The first kappa shape index (κ1) is 58.5. The number of alkyl carbamates (subject to hydrolysis) is 1. The van der Waals surface area contributed by atoms with Gasteiger partial charge in [0.15, 0.2) is 12.6 Å². The van der Waals surface area contributed by atoms with Crippen LogP contribution >= 0.6 is 0 Å². The van der Waals surface area contributed by atoms with Gasteiger partial charge in [-0.15, -0.1) is 0 Å². The van der Waals surface area contributed by atoms with E-state index in [1.165, 1.54) is 7.11 Å². The summed E-state index contributed by atoms with van der Waals surface area (Å²) in [5.74, 6) is -4.61. The number of aliphatic hydroxyl groups excluding tert-OH is 2. The van der Waals surface area contributed by atoms with Crippen LogP contribution in [0.25, 0.3) is 11.1 Å². The topological polar surface area (TPSA) is 251 Å². The zero-order valence-corrected chi connectivity index (χ0v) is 45.4. The van der Waals surface area contributed by atoms with E-state index in [0.717, 1.165) is 38.9 Å². The van der Waals surface area contributed by atoms with Crippen molar-refractivity contribution in [1.29, 1.82) is 0 Å². The van der Waals surface area contributed by atoms with E-state index in [2.05, 4.69) is 10.6 Å². The van der Waals surface area contributed by atoms with Gasteiger partial charge in [0, 0.05) is 13.0 Å². The number of ether oxygens (including phenoxy) is 11. The summed E-state index contributed by atoms with van der Waals surface area (Å²) in [6.45, 7) is 3.39. The van der Waals surface area contributed by atoms with Crippen LogP contribution in [0.3, 0.4) is 0 Å². The molecule has 4 saturated heterocycles. The molecule has 20 nitrogen and oxygen atoms in total. The Bertz CT molecular complexity index is 2860. The molecule has 4 heterocycles. The summed E-state index contributed by atoms with van der Waals surface area (Å²) >= 11 is 0. The predicted octanol–water partition coefficient (Wildman–Crippen LogP) is 5.56. The number of amides is 2. The Morgan fingerprint density at radius 3 is 1.68 bits per heavy atom. The second-order valence-corrected chi connectivity index (χ2v) is 21.1. The Morgan fingerprint density at radius 2 is 1.12 bits per heavy atom. The number of aliphatic hydroxyl groups is 2. The van der Waals surface area contributed by atoms with E-state index in [1.807, 2.05) is 140 Å². The second kappa shape index (κ2) is 27.1. The lowest BCUT2D eigenvalue weighted by atomic mass is 9.96. The molecule has 0 radical (unpaired) electrons. The Morgan fingerprint density at radius 1 is 0.617 bits per heavy atom. The highest BCUT2D eigenvalue weighted by atomic mass is 16.8. The monoisotopic (exact) mass is 1120 g/mol. The van der Waals surface area contributed by atoms with Gasteiger partial charge in [-0.2, -0.15) is 0 Å². The zero-order valence-electron chi connectivity index (χ0n) is 45.4. The molecule has 12 atom stereocenters. The first-order chi connectivity index (χ1) is 39.1. The van der Waals surface area contributed by atoms with Gasteiger partial charge in [-0.05, 0) is 59.7 Å². The van der Waals surface area contributed by atoms with E-state index in [-0.39, 0.29) is 32.3 Å². The molecule has 4 N–H and O–H groups in total. The number of methoxy groups -OCH3 is 1. The smallest absolute Gasteiger partial charge is 0.407 e. The number of rotatable bonds is 14. The maximum atomic E-state index is 14.5. The third-order valence-corrected chi connectivity index (χ3v) is 14.1. The Labute approximate surface area is 469 Å². The molecule has 430 valence electrons. The Hall–Kier alpha value is -7.11. The molecule has 5 aromatic rings. The number of hydrogen-bond acceptors (Lipinski definition) is 18. The summed E-state index contributed by atoms with van der Waals surface area (Å²) in [6.07, 6.45) is -16.8. The van der Waals surface area contributed by atoms with Crippen LogP contribution in [0, 0.1) is 0 Å². The predicted molar refractivity (Wildman–Crippen MR) is 287 cm³/mol. The van der Waals surface area contributed by atoms with E-state index >= 15 is 0 Å². The highest BCUT2D eigenvalue weighted by Crippen LogP contribution is 2.44. The number of carbonyl (C=O) groups is 5. The Kier molecular flexibility index (Phi) is 19.6. The van der Waals surface area contributed by atoms with E-state index in [4.69, 9.17) is 52.1 Å². The molecule has 4 bridgehead atoms. The van der Waals surface area contributed by atoms with Crippen molar-refractivity contribution in [3.63, 3.8) is 0 Å². The van der Waals surface area contributed by atoms with Gasteiger partial charge in [0.25, 0.3) is 0 Å². The van der Waals surface area contributed by atoms with Crippen molar-refractivity contribution in [1.82, 2.24) is 10.6 Å². The molecule has 0 unspecified atom stereocenters. The van der Waals surface area contributed by atoms with Crippen molar-refractivity contribution < 1.29 is 86.3 Å². The minimum atomic E-state index is -1.78. The third kappa shape index (κ3) is 15.1. The summed E-state index contributed by atoms with van der Waals surface area (Å²) in [4.78, 5) is 70.3. The molecule has 0 aromatic heterocycles. The quantitative estimate of drug-likeness (QED) is 0.0785. The summed E-state index contributed by atoms with van der Waals surface area (Å²) in [6, 6.07) is 39.8. The largest absolute Gasteiger partial charge is 0.463 e. The van der Waals surface area contributed by atoms with Crippen molar-refractivity contribution in [2.45, 2.75) is 138 Å². The second-order valence-electron chi connectivity index (χ2n) is 21.1. The SMILES string of the molecule is CO[C@H]1O[C@@H]2COC(=O)C[C@@H](C(=O)OC(C)(C)C)NC(=O)[C@@H](NC(=O)OCC3c4ccccc4-c4ccccc43)CC(=O)OC[C@H]3O[C@@H](O[C@H]1[C@@H](O)[C@@H]2O)[C@@H](OCc1ccccc1)[C@@H](OCc1ccccc1)[C@@H]3OCc1ccccc1. The summed E-state index contributed by atoms with van der Waals surface area (Å²) in [7, 11) is 1.28. The fourth-order valence-electron chi connectivity index (χ4n) is 10.2. The van der Waals surface area contributed by atoms with Gasteiger partial charge in [-0.25, -0.2) is 9.59 Å². The van der Waals surface area contributed by atoms with E-state index in [1.54, 1.807) is 20.8 Å². The minimum Gasteiger partial charge on any atom is -0.463 e. The molecule has 0 saturated carbocycles. The average Bonchev–Trinajstić information content (AvgIpc) is 4.08. The van der Waals surface area contributed by atoms with Crippen molar-refractivity contribution in [2.75, 3.05) is 26.9 Å². The van der Waals surface area contributed by atoms with Gasteiger partial charge in [-0.1, -0.05) is 140 Å². The van der Waals surface area contributed by atoms with E-state index in [0.29, 0.717) is 0 Å². The summed E-state index contributed by atoms with van der Waals surface area (Å²) in [5, 5.41) is 28.4. The van der Waals surface area contributed by atoms with E-state index in [9.17, 15) is 34.2 Å². The van der Waals surface area contributed by atoms with Gasteiger partial charge in [-0.3, -0.25) is 14.4 Å². The maximum Gasteiger partial charge on any atom is 0.407 e. The minimum absolute atomic E-state index is 0.00733. The van der Waals surface area contributed by atoms with Crippen LogP contribution < -0.4 is 10.6 Å². The molecule has 20 heteroatoms. The molecular formula is C61H68N2O18. The molecule has 10 rings (SSSR count). The van der Waals surface area contributed by atoms with Crippen LogP contribution in [0.5, 0.6) is 0 Å². The fraction of sp³-hybridized carbons (Fsp3) is 0.426. The molecule has 0 spiro atoms. The van der Waals surface area contributed by atoms with E-state index < -0.39 is 135 Å². The highest BCUT2D eigenvalue weighted by molar-refractivity contribution is 5.94. The summed E-state index contributed by atoms with van der Waals surface area (Å²) < 4.78 is 68.2. The van der Waals surface area contributed by atoms with Gasteiger partial charge in [0.05, 0.1) is 32.7 Å². The van der Waals surface area contributed by atoms with Crippen LogP contribution in [0.1, 0.15) is 67.3 Å². The van der Waals surface area contributed by atoms with Gasteiger partial charge in [0.2, 0.25) is 5.91 Å². The zero-order chi connectivity index (χ0) is 57.0. The first-order valence-electron chi connectivity index (χ1n) is 26.9. The lowest BCUT2D eigenvalue weighted by molar-refractivity contribution is -0.374. The van der Waals surface area contributed by atoms with Gasteiger partial charge >= 0.3 is 24.0 Å². The molecule has 4 fully saturated rings. The third-order valence-electron chi connectivity index (χ3n) is 14.1. The molecule has 5 aliphatic rings.